The molecule has 2 aliphatic heterocycles. The Morgan fingerprint density at radius 1 is 0.947 bits per heavy atom. The highest BCUT2D eigenvalue weighted by atomic mass is 32.5. The molecular weight excluding hydrogens is 598 g/mol. The predicted octanol–water partition coefficient (Wildman–Crippen LogP) is 0.776. The van der Waals surface area contributed by atoms with Crippen LogP contribution in [0.3, 0.4) is 0 Å². The Labute approximate surface area is 227 Å². The molecule has 0 amide bonds. The number of H-pyrrole nitrogens is 1. The fourth-order valence-electron chi connectivity index (χ4n) is 3.75. The number of hydrogen-bond donors (Lipinski definition) is 4. The number of aromatic nitrogens is 3. The molecular formula is C18H31F2N3O11P2S2. The monoisotopic (exact) mass is 629 g/mol. The second kappa shape index (κ2) is 14.7. The van der Waals surface area contributed by atoms with Gasteiger partial charge in [0.25, 0.3) is 0 Å². The van der Waals surface area contributed by atoms with Gasteiger partial charge in [-0.1, -0.05) is 0 Å². The van der Waals surface area contributed by atoms with Crippen LogP contribution in [0.2, 0.25) is 0 Å². The minimum absolute atomic E-state index is 0.105. The van der Waals surface area contributed by atoms with Crippen LogP contribution >= 0.6 is 13.4 Å². The molecule has 220 valence electrons. The molecule has 0 aliphatic carbocycles. The van der Waals surface area contributed by atoms with E-state index in [9.17, 15) is 23.7 Å². The molecule has 0 saturated carbocycles. The number of aromatic amines is 1. The molecule has 4 N–H and O–H groups in total. The molecule has 38 heavy (non-hydrogen) atoms. The van der Waals surface area contributed by atoms with Crippen LogP contribution < -0.4 is 0 Å². The van der Waals surface area contributed by atoms with Gasteiger partial charge in [-0.15, -0.1) is 0 Å². The normalized spacial score (nSPS) is 34.8. The lowest BCUT2D eigenvalue weighted by Gasteiger charge is -2.27. The van der Waals surface area contributed by atoms with Crippen LogP contribution in [0.25, 0.3) is 0 Å². The van der Waals surface area contributed by atoms with E-state index in [1.54, 1.807) is 6.20 Å². The summed E-state index contributed by atoms with van der Waals surface area (Å²) in [6.07, 6.45) is -8.12. The maximum atomic E-state index is 14.4. The van der Waals surface area contributed by atoms with Gasteiger partial charge in [-0.3, -0.25) is 4.52 Å². The highest BCUT2D eigenvalue weighted by Crippen LogP contribution is 2.50. The highest BCUT2D eigenvalue weighted by Gasteiger charge is 2.50. The summed E-state index contributed by atoms with van der Waals surface area (Å²) in [6.45, 7) is -8.75. The van der Waals surface area contributed by atoms with E-state index in [0.717, 1.165) is 5.69 Å². The molecule has 1 aromatic rings. The molecule has 1 aromatic heterocycles. The standard InChI is InChI=1S/C18H31F2N3O11P2S2/c1-27-15-13(24)11(32-17(15)19)8-31-36(26,38)34-14-12(33-18(20)16(14)28-2)9-30-35(25,37)29-6-4-3-5-10-7-21-23-22-10/h7,11-18,24H,3-6,8-9H2,1-2H3,(H,25,37)(H,26,38)(H,21,22,23). The first-order valence-electron chi connectivity index (χ1n) is 11.4. The maximum Gasteiger partial charge on any atom is 0.325 e. The quantitative estimate of drug-likeness (QED) is 0.149. The number of methoxy groups -OCH3 is 2. The zero-order valence-corrected chi connectivity index (χ0v) is 23.8. The van der Waals surface area contributed by atoms with E-state index < -0.39 is 76.0 Å². The first-order chi connectivity index (χ1) is 18.0. The average molecular weight is 630 g/mol. The zero-order chi connectivity index (χ0) is 27.9. The van der Waals surface area contributed by atoms with E-state index in [2.05, 4.69) is 15.4 Å². The number of alkyl halides is 2. The van der Waals surface area contributed by atoms with Crippen molar-refractivity contribution in [2.45, 2.75) is 68.6 Å². The molecule has 10 unspecified atom stereocenters. The van der Waals surface area contributed by atoms with Gasteiger partial charge in [0.15, 0.2) is 0 Å². The van der Waals surface area contributed by atoms with Crippen LogP contribution in [0.5, 0.6) is 0 Å². The first-order valence-corrected chi connectivity index (χ1v) is 16.6. The van der Waals surface area contributed by atoms with Crippen LogP contribution in [-0.2, 0) is 67.1 Å². The van der Waals surface area contributed by atoms with E-state index in [4.69, 9.17) is 60.7 Å². The van der Waals surface area contributed by atoms with Crippen molar-refractivity contribution in [3.05, 3.63) is 11.9 Å². The Bertz CT molecular complexity index is 959. The van der Waals surface area contributed by atoms with Gasteiger partial charge in [-0.25, -0.2) is 8.78 Å². The number of hydrogen-bond acceptors (Lipinski definition) is 13. The summed E-state index contributed by atoms with van der Waals surface area (Å²) in [4.78, 5) is 20.9. The molecule has 2 fully saturated rings. The number of aliphatic hydroxyl groups is 1. The van der Waals surface area contributed by atoms with Gasteiger partial charge in [0.05, 0.1) is 31.7 Å². The van der Waals surface area contributed by atoms with Crippen LogP contribution in [0.15, 0.2) is 6.20 Å². The SMILES string of the molecule is COC1C(F)OC(COP(O)(=S)OC2C(COP(O)(=S)OCCCCc3cn[nH]n3)OC(F)C2OC)C1O. The van der Waals surface area contributed by atoms with E-state index in [0.29, 0.717) is 19.3 Å². The van der Waals surface area contributed by atoms with Crippen molar-refractivity contribution in [1.82, 2.24) is 15.4 Å². The highest BCUT2D eigenvalue weighted by molar-refractivity contribution is 8.07. The van der Waals surface area contributed by atoms with Crippen molar-refractivity contribution >= 4 is 37.1 Å². The van der Waals surface area contributed by atoms with Gasteiger partial charge >= 0.3 is 13.4 Å². The lowest BCUT2D eigenvalue weighted by atomic mass is 10.1. The van der Waals surface area contributed by atoms with Crippen molar-refractivity contribution in [2.24, 2.45) is 0 Å². The predicted molar refractivity (Wildman–Crippen MR) is 132 cm³/mol. The summed E-state index contributed by atoms with van der Waals surface area (Å²) < 4.78 is 69.4. The molecule has 0 spiro atoms. The largest absolute Gasteiger partial charge is 0.387 e. The van der Waals surface area contributed by atoms with Gasteiger partial charge in [0, 0.05) is 14.2 Å². The minimum atomic E-state index is -4.12. The van der Waals surface area contributed by atoms with Crippen molar-refractivity contribution in [2.75, 3.05) is 34.0 Å². The molecule has 3 rings (SSSR count). The zero-order valence-electron chi connectivity index (χ0n) is 20.4. The summed E-state index contributed by atoms with van der Waals surface area (Å²) >= 11 is 9.98. The van der Waals surface area contributed by atoms with Crippen LogP contribution in [0.1, 0.15) is 18.5 Å². The molecule has 14 nitrogen and oxygen atoms in total. The fourth-order valence-corrected chi connectivity index (χ4v) is 6.37. The molecule has 20 heteroatoms. The number of unbranched alkanes of at least 4 members (excludes halogenated alkanes) is 1. The Morgan fingerprint density at radius 2 is 1.58 bits per heavy atom. The van der Waals surface area contributed by atoms with Crippen molar-refractivity contribution < 1.29 is 60.7 Å². The second-order valence-electron chi connectivity index (χ2n) is 8.29. The summed E-state index contributed by atoms with van der Waals surface area (Å²) in [6, 6.07) is 0. The number of halogens is 2. The van der Waals surface area contributed by atoms with E-state index >= 15 is 0 Å². The van der Waals surface area contributed by atoms with Gasteiger partial charge in [0.2, 0.25) is 12.7 Å². The molecule has 10 atom stereocenters. The lowest BCUT2D eigenvalue weighted by molar-refractivity contribution is -0.0905. The number of rotatable bonds is 16. The lowest BCUT2D eigenvalue weighted by Crippen LogP contribution is -2.38. The summed E-state index contributed by atoms with van der Waals surface area (Å²) in [5.74, 6) is 0. The third kappa shape index (κ3) is 9.19. The molecule has 0 aromatic carbocycles. The number of aliphatic hydroxyl groups excluding tert-OH is 1. The minimum Gasteiger partial charge on any atom is -0.387 e. The smallest absolute Gasteiger partial charge is 0.325 e. The average Bonchev–Trinajstić information content (AvgIpc) is 3.54. The van der Waals surface area contributed by atoms with Gasteiger partial charge in [0.1, 0.15) is 36.6 Å². The molecule has 3 heterocycles. The Balaban J connectivity index is 1.49. The van der Waals surface area contributed by atoms with Crippen molar-refractivity contribution in [3.63, 3.8) is 0 Å². The molecule has 0 radical (unpaired) electrons. The van der Waals surface area contributed by atoms with Crippen LogP contribution in [-0.4, -0.2) is 114 Å². The fraction of sp³-hybridized carbons (Fsp3) is 0.889. The Kier molecular flexibility index (Phi) is 12.5. The summed E-state index contributed by atoms with van der Waals surface area (Å²) in [5.41, 5.74) is 0.786. The number of aryl methyl sites for hydroxylation is 1. The van der Waals surface area contributed by atoms with Crippen LogP contribution in [0, 0.1) is 0 Å². The van der Waals surface area contributed by atoms with Gasteiger partial charge in [-0.2, -0.15) is 15.4 Å². The third-order valence-corrected chi connectivity index (χ3v) is 8.86. The molecule has 0 bridgehead atoms. The van der Waals surface area contributed by atoms with E-state index in [1.165, 1.54) is 14.2 Å². The maximum absolute atomic E-state index is 14.4. The van der Waals surface area contributed by atoms with Gasteiger partial charge < -0.3 is 47.4 Å². The topological polar surface area (TPSA) is 176 Å². The molecule has 2 aliphatic rings. The Hall–Kier alpha value is -0.140. The summed E-state index contributed by atoms with van der Waals surface area (Å²) in [7, 11) is 2.39. The number of ether oxygens (including phenoxy) is 4. The number of nitrogens with zero attached hydrogens (tertiary/aromatic N) is 2. The van der Waals surface area contributed by atoms with E-state index in [1.807, 2.05) is 0 Å². The van der Waals surface area contributed by atoms with Crippen LogP contribution in [0.4, 0.5) is 8.78 Å². The molecule has 2 saturated heterocycles. The third-order valence-electron chi connectivity index (χ3n) is 5.68. The second-order valence-corrected chi connectivity index (χ2v) is 13.9. The van der Waals surface area contributed by atoms with Gasteiger partial charge in [-0.05, 0) is 42.9 Å². The van der Waals surface area contributed by atoms with Crippen molar-refractivity contribution in [1.29, 1.82) is 0 Å². The first kappa shape index (κ1) is 32.4. The van der Waals surface area contributed by atoms with Crippen molar-refractivity contribution in [3.8, 4) is 0 Å². The summed E-state index contributed by atoms with van der Waals surface area (Å²) in [5, 5.41) is 20.2. The van der Waals surface area contributed by atoms with E-state index in [-0.39, 0.29) is 6.61 Å². The Morgan fingerprint density at radius 3 is 2.21 bits per heavy atom. The number of nitrogens with one attached hydrogen (secondary N) is 1.